The van der Waals surface area contributed by atoms with Crippen molar-refractivity contribution < 1.29 is 13.2 Å². The van der Waals surface area contributed by atoms with Crippen LogP contribution in [-0.4, -0.2) is 14.3 Å². The quantitative estimate of drug-likeness (QED) is 0.600. The maximum absolute atomic E-state index is 12.6. The van der Waals surface area contributed by atoms with E-state index in [0.717, 1.165) is 16.8 Å². The van der Waals surface area contributed by atoms with Crippen LogP contribution in [0, 0.1) is 0 Å². The second-order valence-electron chi connectivity index (χ2n) is 7.30. The van der Waals surface area contributed by atoms with Gasteiger partial charge in [0.25, 0.3) is 0 Å². The second kappa shape index (κ2) is 8.50. The molecule has 0 aromatic heterocycles. The summed E-state index contributed by atoms with van der Waals surface area (Å²) in [4.78, 5) is 14.3. The lowest BCUT2D eigenvalue weighted by Crippen LogP contribution is -2.34. The fraction of sp³-hybridized carbons (Fsp3) is 0.174. The van der Waals surface area contributed by atoms with Crippen molar-refractivity contribution >= 4 is 38.9 Å². The molecule has 0 saturated heterocycles. The normalized spacial score (nSPS) is 13.8. The lowest BCUT2D eigenvalue weighted by Gasteiger charge is -2.30. The van der Waals surface area contributed by atoms with Gasteiger partial charge < -0.3 is 4.90 Å². The zero-order valence-corrected chi connectivity index (χ0v) is 17.8. The molecule has 0 atom stereocenters. The Morgan fingerprint density at radius 3 is 2.37 bits per heavy atom. The number of amides is 1. The Labute approximate surface area is 181 Å². The van der Waals surface area contributed by atoms with Crippen LogP contribution in [0.3, 0.4) is 0 Å². The second-order valence-corrected chi connectivity index (χ2v) is 9.46. The van der Waals surface area contributed by atoms with E-state index in [1.807, 2.05) is 42.5 Å². The number of hydrogen-bond donors (Lipinski definition) is 1. The highest BCUT2D eigenvalue weighted by Gasteiger charge is 2.25. The minimum absolute atomic E-state index is 0.0717. The molecule has 4 rings (SSSR count). The Balaban J connectivity index is 1.53. The smallest absolute Gasteiger partial charge is 0.236 e. The Bertz CT molecular complexity index is 1160. The molecule has 1 aliphatic rings. The summed E-state index contributed by atoms with van der Waals surface area (Å²) in [6, 6.07) is 21.9. The maximum atomic E-state index is 12.6. The van der Waals surface area contributed by atoms with Crippen molar-refractivity contribution in [1.29, 1.82) is 0 Å². The number of carbonyl (C=O) groups excluding carboxylic acids is 1. The SMILES string of the molecule is O=C1CCc2cc(NS(=O)(=O)Cc3ccc(Cl)cc3)ccc2N1Cc1ccccc1. The summed E-state index contributed by atoms with van der Waals surface area (Å²) < 4.78 is 27.8. The predicted octanol–water partition coefficient (Wildman–Crippen LogP) is 4.76. The van der Waals surface area contributed by atoms with E-state index in [2.05, 4.69) is 4.72 Å². The number of anilines is 2. The van der Waals surface area contributed by atoms with Crippen LogP contribution < -0.4 is 9.62 Å². The summed E-state index contributed by atoms with van der Waals surface area (Å²) in [5.74, 6) is -0.0673. The first-order chi connectivity index (χ1) is 14.4. The molecule has 3 aromatic carbocycles. The van der Waals surface area contributed by atoms with Gasteiger partial charge in [0.15, 0.2) is 0 Å². The topological polar surface area (TPSA) is 66.5 Å². The van der Waals surface area contributed by atoms with Crippen LogP contribution in [0.15, 0.2) is 72.8 Å². The molecule has 154 valence electrons. The Morgan fingerprint density at radius 2 is 1.63 bits per heavy atom. The molecule has 0 radical (unpaired) electrons. The van der Waals surface area contributed by atoms with Gasteiger partial charge in [0.05, 0.1) is 12.3 Å². The molecule has 0 spiro atoms. The third kappa shape index (κ3) is 4.83. The van der Waals surface area contributed by atoms with Crippen molar-refractivity contribution in [2.45, 2.75) is 25.1 Å². The predicted molar refractivity (Wildman–Crippen MR) is 120 cm³/mol. The van der Waals surface area contributed by atoms with Crippen LogP contribution >= 0.6 is 11.6 Å². The number of fused-ring (bicyclic) bond motifs is 1. The van der Waals surface area contributed by atoms with Crippen LogP contribution in [0.4, 0.5) is 11.4 Å². The van der Waals surface area contributed by atoms with Gasteiger partial charge in [0.1, 0.15) is 0 Å². The van der Waals surface area contributed by atoms with Gasteiger partial charge >= 0.3 is 0 Å². The van der Waals surface area contributed by atoms with Gasteiger partial charge in [-0.05, 0) is 53.4 Å². The largest absolute Gasteiger partial charge is 0.308 e. The Morgan fingerprint density at radius 1 is 0.900 bits per heavy atom. The number of halogens is 1. The fourth-order valence-electron chi connectivity index (χ4n) is 3.58. The molecule has 0 unspecified atom stereocenters. The summed E-state index contributed by atoms with van der Waals surface area (Å²) in [6.07, 6.45) is 0.993. The van der Waals surface area contributed by atoms with E-state index in [4.69, 9.17) is 11.6 Å². The van der Waals surface area contributed by atoms with Crippen molar-refractivity contribution in [3.05, 3.63) is 94.5 Å². The maximum Gasteiger partial charge on any atom is 0.236 e. The Hall–Kier alpha value is -2.83. The monoisotopic (exact) mass is 440 g/mol. The molecule has 30 heavy (non-hydrogen) atoms. The average Bonchev–Trinajstić information content (AvgIpc) is 2.72. The first-order valence-electron chi connectivity index (χ1n) is 9.62. The zero-order chi connectivity index (χ0) is 21.1. The molecule has 1 N–H and O–H groups in total. The van der Waals surface area contributed by atoms with E-state index in [0.29, 0.717) is 35.7 Å². The van der Waals surface area contributed by atoms with Gasteiger partial charge in [-0.1, -0.05) is 54.1 Å². The number of nitrogens with zero attached hydrogens (tertiary/aromatic N) is 1. The molecule has 0 saturated carbocycles. The van der Waals surface area contributed by atoms with Gasteiger partial charge in [-0.3, -0.25) is 9.52 Å². The van der Waals surface area contributed by atoms with Crippen LogP contribution in [0.25, 0.3) is 0 Å². The molecular formula is C23H21ClN2O3S. The molecule has 5 nitrogen and oxygen atoms in total. The van der Waals surface area contributed by atoms with E-state index in [1.54, 1.807) is 35.2 Å². The minimum Gasteiger partial charge on any atom is -0.308 e. The van der Waals surface area contributed by atoms with Crippen molar-refractivity contribution in [2.75, 3.05) is 9.62 Å². The van der Waals surface area contributed by atoms with E-state index < -0.39 is 10.0 Å². The zero-order valence-electron chi connectivity index (χ0n) is 16.2. The summed E-state index contributed by atoms with van der Waals surface area (Å²) in [5, 5.41) is 0.563. The number of carbonyl (C=O) groups is 1. The highest BCUT2D eigenvalue weighted by molar-refractivity contribution is 7.91. The standard InChI is InChI=1S/C23H21ClN2O3S/c24-20-9-6-18(7-10-20)16-30(28,29)25-21-11-12-22-19(14-21)8-13-23(27)26(22)15-17-4-2-1-3-5-17/h1-7,9-12,14,25H,8,13,15-16H2. The van der Waals surface area contributed by atoms with Crippen LogP contribution in [0.5, 0.6) is 0 Å². The molecule has 0 bridgehead atoms. The van der Waals surface area contributed by atoms with E-state index in [9.17, 15) is 13.2 Å². The van der Waals surface area contributed by atoms with Crippen LogP contribution in [0.2, 0.25) is 5.02 Å². The molecule has 0 aliphatic carbocycles. The van der Waals surface area contributed by atoms with Gasteiger partial charge in [-0.2, -0.15) is 0 Å². The lowest BCUT2D eigenvalue weighted by molar-refractivity contribution is -0.119. The highest BCUT2D eigenvalue weighted by Crippen LogP contribution is 2.32. The van der Waals surface area contributed by atoms with Gasteiger partial charge in [-0.25, -0.2) is 8.42 Å². The van der Waals surface area contributed by atoms with Gasteiger partial charge in [0, 0.05) is 22.8 Å². The molecular weight excluding hydrogens is 420 g/mol. The van der Waals surface area contributed by atoms with Gasteiger partial charge in [-0.15, -0.1) is 0 Å². The molecule has 1 amide bonds. The number of sulfonamides is 1. The first-order valence-corrected chi connectivity index (χ1v) is 11.6. The summed E-state index contributed by atoms with van der Waals surface area (Å²) in [5.41, 5.74) is 3.99. The van der Waals surface area contributed by atoms with Crippen molar-refractivity contribution in [3.63, 3.8) is 0 Å². The van der Waals surface area contributed by atoms with Crippen LogP contribution in [-0.2, 0) is 33.5 Å². The molecule has 1 heterocycles. The average molecular weight is 441 g/mol. The van der Waals surface area contributed by atoms with Crippen molar-refractivity contribution in [1.82, 2.24) is 0 Å². The first kappa shape index (κ1) is 20.4. The number of aryl methyl sites for hydroxylation is 1. The number of hydrogen-bond acceptors (Lipinski definition) is 3. The number of benzene rings is 3. The van der Waals surface area contributed by atoms with Crippen molar-refractivity contribution in [3.8, 4) is 0 Å². The van der Waals surface area contributed by atoms with Crippen LogP contribution in [0.1, 0.15) is 23.1 Å². The molecule has 1 aliphatic heterocycles. The minimum atomic E-state index is -3.57. The fourth-order valence-corrected chi connectivity index (χ4v) is 4.89. The van der Waals surface area contributed by atoms with E-state index >= 15 is 0 Å². The molecule has 0 fully saturated rings. The lowest BCUT2D eigenvalue weighted by atomic mass is 10.00. The summed E-state index contributed by atoms with van der Waals surface area (Å²) in [6.45, 7) is 0.494. The summed E-state index contributed by atoms with van der Waals surface area (Å²) in [7, 11) is -3.57. The summed E-state index contributed by atoms with van der Waals surface area (Å²) >= 11 is 5.86. The highest BCUT2D eigenvalue weighted by atomic mass is 35.5. The molecule has 7 heteroatoms. The van der Waals surface area contributed by atoms with E-state index in [1.165, 1.54) is 0 Å². The number of rotatable bonds is 6. The Kier molecular flexibility index (Phi) is 5.79. The van der Waals surface area contributed by atoms with E-state index in [-0.39, 0.29) is 11.7 Å². The van der Waals surface area contributed by atoms with Crippen molar-refractivity contribution in [2.24, 2.45) is 0 Å². The third-order valence-corrected chi connectivity index (χ3v) is 6.52. The molecule has 3 aromatic rings. The van der Waals surface area contributed by atoms with Gasteiger partial charge in [0.2, 0.25) is 15.9 Å². The third-order valence-electron chi connectivity index (χ3n) is 5.01. The number of nitrogens with one attached hydrogen (secondary N) is 1.